The van der Waals surface area contributed by atoms with Gasteiger partial charge in [0.25, 0.3) is 10.1 Å². The van der Waals surface area contributed by atoms with Crippen molar-refractivity contribution in [2.75, 3.05) is 0 Å². The molecule has 0 aliphatic heterocycles. The second-order valence-electron chi connectivity index (χ2n) is 8.47. The summed E-state index contributed by atoms with van der Waals surface area (Å²) < 4.78 is 39.5. The maximum absolute atomic E-state index is 11.6. The second kappa shape index (κ2) is 9.30. The lowest BCUT2D eigenvalue weighted by Gasteiger charge is -2.38. The number of pyridine rings is 1. The van der Waals surface area contributed by atoms with Gasteiger partial charge in [0, 0.05) is 6.20 Å². The second-order valence-corrected chi connectivity index (χ2v) is 14.6. The van der Waals surface area contributed by atoms with Gasteiger partial charge in [0.1, 0.15) is 0 Å². The fourth-order valence-corrected chi connectivity index (χ4v) is 7.97. The number of hydrogen-bond acceptors (Lipinski definition) is 4. The minimum Gasteiger partial charge on any atom is -0.408 e. The molecule has 0 spiro atoms. The summed E-state index contributed by atoms with van der Waals surface area (Å²) in [5.74, 6) is 0.333. The summed E-state index contributed by atoms with van der Waals surface area (Å²) in [6.07, 6.45) is 4.38. The van der Waals surface area contributed by atoms with E-state index in [9.17, 15) is 13.0 Å². The monoisotopic (exact) mass is 447 g/mol. The van der Waals surface area contributed by atoms with E-state index in [1.54, 1.807) is 12.1 Å². The number of nitrogens with zero attached hydrogens (tertiary/aromatic N) is 1. The van der Waals surface area contributed by atoms with E-state index in [1.807, 2.05) is 19.2 Å². The Balaban J connectivity index is 1.90. The van der Waals surface area contributed by atoms with Crippen LogP contribution in [0.15, 0.2) is 41.4 Å². The minimum atomic E-state index is -4.21. The van der Waals surface area contributed by atoms with Gasteiger partial charge < -0.3 is 4.43 Å². The van der Waals surface area contributed by atoms with Crippen molar-refractivity contribution in [3.63, 3.8) is 0 Å². The van der Waals surface area contributed by atoms with Gasteiger partial charge in [-0.3, -0.25) is 9.54 Å². The van der Waals surface area contributed by atoms with E-state index in [1.165, 1.54) is 11.6 Å². The van der Waals surface area contributed by atoms with Gasteiger partial charge in [0.2, 0.25) is 0 Å². The summed E-state index contributed by atoms with van der Waals surface area (Å²) in [5, 5.41) is 0. The third-order valence-corrected chi connectivity index (χ3v) is 12.2. The number of rotatable bonds is 8. The van der Waals surface area contributed by atoms with E-state index in [4.69, 9.17) is 4.43 Å². The van der Waals surface area contributed by atoms with Crippen molar-refractivity contribution >= 4 is 18.4 Å². The Morgan fingerprint density at radius 1 is 1.17 bits per heavy atom. The van der Waals surface area contributed by atoms with Crippen LogP contribution in [0.2, 0.25) is 18.1 Å². The quantitative estimate of drug-likeness (QED) is 0.427. The Morgan fingerprint density at radius 3 is 2.50 bits per heavy atom. The van der Waals surface area contributed by atoms with E-state index >= 15 is 0 Å². The number of aryl methyl sites for hydroxylation is 1. The van der Waals surface area contributed by atoms with Crippen molar-refractivity contribution in [2.45, 2.75) is 76.1 Å². The van der Waals surface area contributed by atoms with Crippen molar-refractivity contribution in [1.82, 2.24) is 4.98 Å². The number of hydrogen-bond donors (Lipinski definition) is 1. The maximum Gasteiger partial charge on any atom is 0.294 e. The van der Waals surface area contributed by atoms with E-state index in [-0.39, 0.29) is 11.0 Å². The third-order valence-electron chi connectivity index (χ3n) is 6.74. The largest absolute Gasteiger partial charge is 0.408 e. The lowest BCUT2D eigenvalue weighted by atomic mass is 9.81. The van der Waals surface area contributed by atoms with Crippen LogP contribution in [0.3, 0.4) is 0 Å². The molecule has 0 amide bonds. The lowest BCUT2D eigenvalue weighted by Crippen LogP contribution is -2.39. The SMILES string of the molecule is CC[Si](CC)(CC)O[C@H]1C[C@H](Cc2cc(S(=O)(=O)O)ccc2C)Cc2cccnc21. The van der Waals surface area contributed by atoms with Crippen molar-refractivity contribution in [2.24, 2.45) is 5.92 Å². The normalized spacial score (nSPS) is 19.5. The average molecular weight is 448 g/mol. The molecule has 164 valence electrons. The number of fused-ring (bicyclic) bond motifs is 1. The van der Waals surface area contributed by atoms with Gasteiger partial charge in [-0.05, 0) is 85.1 Å². The minimum absolute atomic E-state index is 0.00321. The predicted octanol–water partition coefficient (Wildman–Crippen LogP) is 5.50. The highest BCUT2D eigenvalue weighted by molar-refractivity contribution is 7.85. The van der Waals surface area contributed by atoms with Crippen LogP contribution in [0, 0.1) is 12.8 Å². The molecule has 1 aliphatic carbocycles. The fraction of sp³-hybridized carbons (Fsp3) is 0.522. The lowest BCUT2D eigenvalue weighted by molar-refractivity contribution is 0.139. The van der Waals surface area contributed by atoms with Crippen LogP contribution in [0.4, 0.5) is 0 Å². The molecule has 1 heterocycles. The van der Waals surface area contributed by atoms with Crippen LogP contribution in [-0.4, -0.2) is 26.3 Å². The van der Waals surface area contributed by atoms with Gasteiger partial charge >= 0.3 is 0 Å². The molecule has 7 heteroatoms. The molecule has 3 rings (SSSR count). The molecule has 0 unspecified atom stereocenters. The molecule has 0 saturated carbocycles. The first-order valence-electron chi connectivity index (χ1n) is 10.9. The Kier molecular flexibility index (Phi) is 7.17. The third kappa shape index (κ3) is 5.02. The van der Waals surface area contributed by atoms with Crippen LogP contribution in [0.25, 0.3) is 0 Å². The first-order valence-corrected chi connectivity index (χ1v) is 14.9. The van der Waals surface area contributed by atoms with Crippen molar-refractivity contribution < 1.29 is 17.4 Å². The summed E-state index contributed by atoms with van der Waals surface area (Å²) in [5.41, 5.74) is 4.31. The van der Waals surface area contributed by atoms with Crippen LogP contribution in [0.5, 0.6) is 0 Å². The average Bonchev–Trinajstić information content (AvgIpc) is 2.73. The van der Waals surface area contributed by atoms with Crippen molar-refractivity contribution in [3.8, 4) is 0 Å². The Labute approximate surface area is 181 Å². The smallest absolute Gasteiger partial charge is 0.294 e. The van der Waals surface area contributed by atoms with Crippen LogP contribution in [-0.2, 0) is 27.4 Å². The topological polar surface area (TPSA) is 76.5 Å². The highest BCUT2D eigenvalue weighted by Gasteiger charge is 2.37. The van der Waals surface area contributed by atoms with Crippen molar-refractivity contribution in [3.05, 3.63) is 58.9 Å². The molecule has 5 nitrogen and oxygen atoms in total. The number of benzene rings is 1. The maximum atomic E-state index is 11.6. The molecule has 0 bridgehead atoms. The van der Waals surface area contributed by atoms with E-state index in [2.05, 4.69) is 31.8 Å². The van der Waals surface area contributed by atoms with Gasteiger partial charge in [-0.2, -0.15) is 8.42 Å². The molecule has 30 heavy (non-hydrogen) atoms. The predicted molar refractivity (Wildman–Crippen MR) is 122 cm³/mol. The summed E-state index contributed by atoms with van der Waals surface area (Å²) in [4.78, 5) is 4.64. The van der Waals surface area contributed by atoms with Crippen molar-refractivity contribution in [1.29, 1.82) is 0 Å². The Bertz CT molecular complexity index is 980. The highest BCUT2D eigenvalue weighted by atomic mass is 32.2. The molecule has 1 aromatic carbocycles. The van der Waals surface area contributed by atoms with Gasteiger partial charge in [-0.25, -0.2) is 0 Å². The zero-order valence-electron chi connectivity index (χ0n) is 18.4. The molecule has 0 saturated heterocycles. The first-order chi connectivity index (χ1) is 14.2. The Hall–Kier alpha value is -1.54. The molecule has 2 atom stereocenters. The number of aromatic nitrogens is 1. The standard InChI is InChI=1S/C23H33NO4SSi/c1-5-30(6-2,7-3)28-22-15-18(13-19-9-8-12-24-23(19)22)14-20-16-21(29(25,26)27)11-10-17(20)4/h8-12,16,18,22H,5-7,13-15H2,1-4H3,(H,25,26,27)/t18-,22-/m0/s1. The summed E-state index contributed by atoms with van der Waals surface area (Å²) in [7, 11) is -6.00. The van der Waals surface area contributed by atoms with Gasteiger partial charge in [0.05, 0.1) is 16.7 Å². The molecule has 0 fully saturated rings. The molecule has 0 radical (unpaired) electrons. The summed E-state index contributed by atoms with van der Waals surface area (Å²) in [6.45, 7) is 8.70. The van der Waals surface area contributed by atoms with E-state index < -0.39 is 18.4 Å². The van der Waals surface area contributed by atoms with Gasteiger partial charge in [0.15, 0.2) is 8.32 Å². The molecule has 2 aromatic rings. The van der Waals surface area contributed by atoms with E-state index in [0.29, 0.717) is 5.92 Å². The van der Waals surface area contributed by atoms with Crippen LogP contribution >= 0.6 is 0 Å². The van der Waals surface area contributed by atoms with Gasteiger partial charge in [-0.15, -0.1) is 0 Å². The van der Waals surface area contributed by atoms with Crippen LogP contribution < -0.4 is 0 Å². The molecule has 1 aromatic heterocycles. The zero-order chi connectivity index (χ0) is 21.9. The Morgan fingerprint density at radius 2 is 1.87 bits per heavy atom. The molecular formula is C23H33NO4SSi. The molecule has 1 aliphatic rings. The highest BCUT2D eigenvalue weighted by Crippen LogP contribution is 2.40. The molecule has 1 N–H and O–H groups in total. The van der Waals surface area contributed by atoms with E-state index in [0.717, 1.165) is 54.2 Å². The summed E-state index contributed by atoms with van der Waals surface area (Å²) >= 11 is 0. The molecular weight excluding hydrogens is 414 g/mol. The zero-order valence-corrected chi connectivity index (χ0v) is 20.2. The van der Waals surface area contributed by atoms with Crippen LogP contribution in [0.1, 0.15) is 55.7 Å². The fourth-order valence-electron chi connectivity index (χ4n) is 4.62. The first kappa shape index (κ1) is 23.1. The summed E-state index contributed by atoms with van der Waals surface area (Å²) in [6, 6.07) is 12.3. The van der Waals surface area contributed by atoms with Gasteiger partial charge in [-0.1, -0.05) is 32.9 Å².